The first-order valence-electron chi connectivity index (χ1n) is 7.40. The van der Waals surface area contributed by atoms with E-state index in [0.29, 0.717) is 22.2 Å². The van der Waals surface area contributed by atoms with E-state index >= 15 is 0 Å². The van der Waals surface area contributed by atoms with E-state index in [9.17, 15) is 9.59 Å². The molecule has 0 saturated carbocycles. The predicted molar refractivity (Wildman–Crippen MR) is 96.2 cm³/mol. The van der Waals surface area contributed by atoms with Gasteiger partial charge in [0.15, 0.2) is 0 Å². The van der Waals surface area contributed by atoms with Crippen molar-refractivity contribution in [1.82, 2.24) is 10.9 Å². The van der Waals surface area contributed by atoms with Gasteiger partial charge in [-0.3, -0.25) is 20.4 Å². The Kier molecular flexibility index (Phi) is 5.37. The van der Waals surface area contributed by atoms with Crippen molar-refractivity contribution in [3.05, 3.63) is 62.6 Å². The van der Waals surface area contributed by atoms with Gasteiger partial charge in [0.2, 0.25) is 5.91 Å². The fraction of sp³-hybridized carbons (Fsp3) is 0.176. The number of fused-ring (bicyclic) bond motifs is 1. The second-order valence-electron chi connectivity index (χ2n) is 5.53. The van der Waals surface area contributed by atoms with Gasteiger partial charge in [0.1, 0.15) is 12.4 Å². The third-order valence-electron chi connectivity index (χ3n) is 3.77. The second-order valence-corrected chi connectivity index (χ2v) is 6.81. The van der Waals surface area contributed by atoms with Crippen molar-refractivity contribution in [2.24, 2.45) is 5.92 Å². The van der Waals surface area contributed by atoms with Crippen LogP contribution in [0.15, 0.2) is 36.4 Å². The first kappa shape index (κ1) is 17.9. The molecule has 0 radical (unpaired) electrons. The lowest BCUT2D eigenvalue weighted by atomic mass is 9.96. The monoisotopic (exact) mass is 398 g/mol. The molecule has 1 heterocycles. The van der Waals surface area contributed by atoms with Gasteiger partial charge in [-0.25, -0.2) is 0 Å². The van der Waals surface area contributed by atoms with E-state index in [1.807, 2.05) is 0 Å². The largest absolute Gasteiger partial charge is 0.492 e. The number of ether oxygens (including phenoxy) is 1. The molecule has 8 heteroatoms. The predicted octanol–water partition coefficient (Wildman–Crippen LogP) is 3.66. The van der Waals surface area contributed by atoms with E-state index in [-0.39, 0.29) is 23.1 Å². The molecule has 0 aliphatic carbocycles. The molecule has 5 nitrogen and oxygen atoms in total. The van der Waals surface area contributed by atoms with E-state index in [1.54, 1.807) is 24.3 Å². The molecule has 3 rings (SSSR count). The van der Waals surface area contributed by atoms with Crippen LogP contribution in [-0.4, -0.2) is 18.4 Å². The number of nitrogens with one attached hydrogen (secondary N) is 2. The number of benzene rings is 2. The molecular formula is C17H13Cl3N2O3. The van der Waals surface area contributed by atoms with Crippen LogP contribution < -0.4 is 15.6 Å². The molecule has 0 bridgehead atoms. The van der Waals surface area contributed by atoms with E-state index in [1.165, 1.54) is 12.1 Å². The summed E-state index contributed by atoms with van der Waals surface area (Å²) in [7, 11) is 0. The zero-order chi connectivity index (χ0) is 18.0. The van der Waals surface area contributed by atoms with Gasteiger partial charge in [0.25, 0.3) is 5.91 Å². The van der Waals surface area contributed by atoms with Crippen molar-refractivity contribution in [3.8, 4) is 5.75 Å². The van der Waals surface area contributed by atoms with Crippen LogP contribution in [-0.2, 0) is 11.2 Å². The van der Waals surface area contributed by atoms with E-state index in [0.717, 1.165) is 5.56 Å². The lowest BCUT2D eigenvalue weighted by molar-refractivity contribution is -0.127. The van der Waals surface area contributed by atoms with Crippen molar-refractivity contribution in [2.75, 3.05) is 6.61 Å². The zero-order valence-electron chi connectivity index (χ0n) is 12.8. The van der Waals surface area contributed by atoms with Gasteiger partial charge in [-0.15, -0.1) is 0 Å². The van der Waals surface area contributed by atoms with Crippen molar-refractivity contribution in [2.45, 2.75) is 6.42 Å². The van der Waals surface area contributed by atoms with Crippen LogP contribution in [0.1, 0.15) is 15.9 Å². The van der Waals surface area contributed by atoms with Gasteiger partial charge < -0.3 is 4.74 Å². The summed E-state index contributed by atoms with van der Waals surface area (Å²) in [5, 5.41) is 1.18. The van der Waals surface area contributed by atoms with Crippen LogP contribution in [0.5, 0.6) is 5.75 Å². The Bertz CT molecular complexity index is 842. The summed E-state index contributed by atoms with van der Waals surface area (Å²) >= 11 is 17.8. The third-order valence-corrected chi connectivity index (χ3v) is 4.57. The summed E-state index contributed by atoms with van der Waals surface area (Å²) in [4.78, 5) is 24.4. The lowest BCUT2D eigenvalue weighted by Crippen LogP contribution is -2.47. The Morgan fingerprint density at radius 2 is 1.72 bits per heavy atom. The highest BCUT2D eigenvalue weighted by atomic mass is 35.5. The van der Waals surface area contributed by atoms with Gasteiger partial charge in [-0.1, -0.05) is 34.8 Å². The number of hydrogen-bond donors (Lipinski definition) is 2. The molecule has 0 fully saturated rings. The van der Waals surface area contributed by atoms with Crippen molar-refractivity contribution >= 4 is 46.6 Å². The number of amides is 2. The number of hydrogen-bond acceptors (Lipinski definition) is 3. The minimum absolute atomic E-state index is 0.173. The normalized spacial score (nSPS) is 15.7. The van der Waals surface area contributed by atoms with E-state index < -0.39 is 11.8 Å². The summed E-state index contributed by atoms with van der Waals surface area (Å²) in [6.07, 6.45) is 0.468. The SMILES string of the molecule is O=C(NNC(=O)[C@@H]1COc2ccc(Cl)cc2C1)c1cc(Cl)ccc1Cl. The van der Waals surface area contributed by atoms with Gasteiger partial charge >= 0.3 is 0 Å². The van der Waals surface area contributed by atoms with Crippen molar-refractivity contribution in [1.29, 1.82) is 0 Å². The molecular weight excluding hydrogens is 387 g/mol. The molecule has 2 amide bonds. The second kappa shape index (κ2) is 7.52. The summed E-state index contributed by atoms with van der Waals surface area (Å²) < 4.78 is 5.57. The van der Waals surface area contributed by atoms with Crippen LogP contribution in [0.25, 0.3) is 0 Å². The molecule has 25 heavy (non-hydrogen) atoms. The minimum Gasteiger partial charge on any atom is -0.492 e. The number of hydrazine groups is 1. The van der Waals surface area contributed by atoms with Gasteiger partial charge in [-0.05, 0) is 48.4 Å². The maximum atomic E-state index is 12.3. The topological polar surface area (TPSA) is 67.4 Å². The van der Waals surface area contributed by atoms with Gasteiger partial charge in [0, 0.05) is 10.0 Å². The molecule has 2 aromatic rings. The lowest BCUT2D eigenvalue weighted by Gasteiger charge is -2.24. The zero-order valence-corrected chi connectivity index (χ0v) is 15.1. The number of carbonyl (C=O) groups excluding carboxylic acids is 2. The summed E-state index contributed by atoms with van der Waals surface area (Å²) in [5.41, 5.74) is 5.75. The standard InChI is InChI=1S/C17H13Cl3N2O3/c18-11-2-4-15-9(6-11)5-10(8-25-15)16(23)21-22-17(24)13-7-12(19)1-3-14(13)20/h1-4,6-7,10H,5,8H2,(H,21,23)(H,22,24)/t10-/m0/s1. The molecule has 0 aromatic heterocycles. The fourth-order valence-electron chi connectivity index (χ4n) is 2.49. The smallest absolute Gasteiger partial charge is 0.271 e. The van der Waals surface area contributed by atoms with Crippen LogP contribution >= 0.6 is 34.8 Å². The molecule has 0 unspecified atom stereocenters. The Morgan fingerprint density at radius 3 is 2.52 bits per heavy atom. The highest BCUT2D eigenvalue weighted by Gasteiger charge is 2.26. The van der Waals surface area contributed by atoms with E-state index in [2.05, 4.69) is 10.9 Å². The maximum absolute atomic E-state index is 12.3. The Morgan fingerprint density at radius 1 is 1.00 bits per heavy atom. The Balaban J connectivity index is 1.61. The molecule has 130 valence electrons. The summed E-state index contributed by atoms with van der Waals surface area (Å²) in [6, 6.07) is 9.77. The summed E-state index contributed by atoms with van der Waals surface area (Å²) in [5.74, 6) is -0.651. The van der Waals surface area contributed by atoms with Crippen LogP contribution in [0.2, 0.25) is 15.1 Å². The molecule has 1 aliphatic heterocycles. The van der Waals surface area contributed by atoms with Crippen LogP contribution in [0, 0.1) is 5.92 Å². The average molecular weight is 400 g/mol. The van der Waals surface area contributed by atoms with E-state index in [4.69, 9.17) is 39.5 Å². The molecule has 2 aromatic carbocycles. The molecule has 1 aliphatic rings. The third kappa shape index (κ3) is 4.18. The summed E-state index contributed by atoms with van der Waals surface area (Å²) in [6.45, 7) is 0.217. The van der Waals surface area contributed by atoms with Crippen LogP contribution in [0.4, 0.5) is 0 Å². The quantitative estimate of drug-likeness (QED) is 0.757. The minimum atomic E-state index is -0.555. The van der Waals surface area contributed by atoms with Crippen molar-refractivity contribution in [3.63, 3.8) is 0 Å². The van der Waals surface area contributed by atoms with Gasteiger partial charge in [0.05, 0.1) is 16.5 Å². The first-order chi connectivity index (χ1) is 11.9. The Hall–Kier alpha value is -1.95. The van der Waals surface area contributed by atoms with Crippen LogP contribution in [0.3, 0.4) is 0 Å². The fourth-order valence-corrected chi connectivity index (χ4v) is 3.06. The Labute approximate surface area is 159 Å². The highest BCUT2D eigenvalue weighted by molar-refractivity contribution is 6.35. The first-order valence-corrected chi connectivity index (χ1v) is 8.54. The number of halogens is 3. The maximum Gasteiger partial charge on any atom is 0.271 e. The average Bonchev–Trinajstić information content (AvgIpc) is 2.60. The molecule has 1 atom stereocenters. The molecule has 0 spiro atoms. The number of rotatable bonds is 2. The molecule has 0 saturated heterocycles. The molecule has 2 N–H and O–H groups in total. The highest BCUT2D eigenvalue weighted by Crippen LogP contribution is 2.29. The number of carbonyl (C=O) groups is 2. The van der Waals surface area contributed by atoms with Gasteiger partial charge in [-0.2, -0.15) is 0 Å². The van der Waals surface area contributed by atoms with Crippen molar-refractivity contribution < 1.29 is 14.3 Å².